The van der Waals surface area contributed by atoms with Crippen LogP contribution in [0.3, 0.4) is 0 Å². The van der Waals surface area contributed by atoms with E-state index < -0.39 is 5.79 Å². The highest BCUT2D eigenvalue weighted by molar-refractivity contribution is 5.93. The average molecular weight is 409 g/mol. The van der Waals surface area contributed by atoms with Crippen molar-refractivity contribution in [3.05, 3.63) is 52.7 Å². The first-order valence-electron chi connectivity index (χ1n) is 10.5. The third-order valence-corrected chi connectivity index (χ3v) is 6.18. The fraction of sp³-hybridized carbons (Fsp3) is 0.478. The predicted molar refractivity (Wildman–Crippen MR) is 113 cm³/mol. The number of carbonyl (C=O) groups excluding carboxylic acids is 1. The highest BCUT2D eigenvalue weighted by atomic mass is 16.7. The van der Waals surface area contributed by atoms with Crippen molar-refractivity contribution < 1.29 is 14.3 Å². The average Bonchev–Trinajstić information content (AvgIpc) is 3.29. The number of benzene rings is 1. The number of likely N-dealkylation sites (tertiary alicyclic amines) is 1. The summed E-state index contributed by atoms with van der Waals surface area (Å²) >= 11 is 0. The molecule has 7 nitrogen and oxygen atoms in total. The molecule has 7 heteroatoms. The Hall–Kier alpha value is -2.66. The van der Waals surface area contributed by atoms with Crippen molar-refractivity contribution in [1.82, 2.24) is 9.47 Å². The minimum absolute atomic E-state index is 0.109. The molecule has 2 saturated heterocycles. The Morgan fingerprint density at radius 1 is 1.17 bits per heavy atom. The summed E-state index contributed by atoms with van der Waals surface area (Å²) in [5, 5.41) is 12.7. The van der Waals surface area contributed by atoms with Crippen LogP contribution in [0.15, 0.2) is 30.3 Å². The van der Waals surface area contributed by atoms with E-state index in [4.69, 9.17) is 9.47 Å². The summed E-state index contributed by atoms with van der Waals surface area (Å²) in [7, 11) is 0. The second-order valence-corrected chi connectivity index (χ2v) is 8.05. The summed E-state index contributed by atoms with van der Waals surface area (Å²) in [5.41, 5.74) is 3.54. The van der Waals surface area contributed by atoms with Crippen molar-refractivity contribution in [3.63, 3.8) is 0 Å². The molecule has 4 rings (SSSR count). The van der Waals surface area contributed by atoms with Crippen LogP contribution in [0.4, 0.5) is 5.82 Å². The molecule has 2 fully saturated rings. The maximum absolute atomic E-state index is 12.8. The molecule has 30 heavy (non-hydrogen) atoms. The maximum atomic E-state index is 12.8. The lowest BCUT2D eigenvalue weighted by molar-refractivity contribution is -0.185. The topological polar surface area (TPSA) is 79.5 Å². The zero-order valence-corrected chi connectivity index (χ0v) is 17.6. The van der Waals surface area contributed by atoms with Crippen LogP contribution in [0.1, 0.15) is 35.2 Å². The first kappa shape index (κ1) is 20.6. The molecule has 3 heterocycles. The number of nitrogens with one attached hydrogen (secondary N) is 1. The molecule has 1 aromatic carbocycles. The molecule has 1 amide bonds. The van der Waals surface area contributed by atoms with E-state index in [1.165, 1.54) is 0 Å². The van der Waals surface area contributed by atoms with Crippen molar-refractivity contribution in [2.24, 2.45) is 0 Å². The number of nitriles is 1. The Labute approximate surface area is 177 Å². The van der Waals surface area contributed by atoms with E-state index in [0.717, 1.165) is 42.8 Å². The quantitative estimate of drug-likeness (QED) is 0.823. The number of anilines is 1. The van der Waals surface area contributed by atoms with Crippen LogP contribution in [-0.4, -0.2) is 54.0 Å². The van der Waals surface area contributed by atoms with Gasteiger partial charge in [0.2, 0.25) is 5.91 Å². The van der Waals surface area contributed by atoms with Crippen LogP contribution < -0.4 is 5.32 Å². The lowest BCUT2D eigenvalue weighted by Crippen LogP contribution is -2.47. The first-order chi connectivity index (χ1) is 14.5. The van der Waals surface area contributed by atoms with Crippen LogP contribution in [0.5, 0.6) is 0 Å². The molecule has 0 aliphatic carbocycles. The highest BCUT2D eigenvalue weighted by Crippen LogP contribution is 2.31. The number of carbonyl (C=O) groups is 1. The van der Waals surface area contributed by atoms with Crippen molar-refractivity contribution in [2.75, 3.05) is 38.2 Å². The fourth-order valence-corrected chi connectivity index (χ4v) is 4.31. The third kappa shape index (κ3) is 4.12. The third-order valence-electron chi connectivity index (χ3n) is 6.18. The number of ether oxygens (including phenoxy) is 2. The van der Waals surface area contributed by atoms with Crippen LogP contribution >= 0.6 is 0 Å². The van der Waals surface area contributed by atoms with Gasteiger partial charge in [0.1, 0.15) is 11.9 Å². The molecule has 0 radical (unpaired) electrons. The van der Waals surface area contributed by atoms with Gasteiger partial charge in [-0.15, -0.1) is 0 Å². The summed E-state index contributed by atoms with van der Waals surface area (Å²) < 4.78 is 13.5. The molecule has 1 N–H and O–H groups in total. The van der Waals surface area contributed by atoms with Gasteiger partial charge in [0.05, 0.1) is 25.3 Å². The van der Waals surface area contributed by atoms with Crippen molar-refractivity contribution in [1.29, 1.82) is 5.26 Å². The lowest BCUT2D eigenvalue weighted by Gasteiger charge is -2.37. The van der Waals surface area contributed by atoms with Gasteiger partial charge in [-0.2, -0.15) is 5.26 Å². The molecule has 2 aliphatic rings. The van der Waals surface area contributed by atoms with Gasteiger partial charge in [0.15, 0.2) is 5.79 Å². The summed E-state index contributed by atoms with van der Waals surface area (Å²) in [6.07, 6.45) is 1.54. The van der Waals surface area contributed by atoms with Gasteiger partial charge in [-0.3, -0.25) is 9.69 Å². The van der Waals surface area contributed by atoms with E-state index in [1.807, 2.05) is 48.7 Å². The van der Waals surface area contributed by atoms with E-state index in [9.17, 15) is 10.1 Å². The van der Waals surface area contributed by atoms with Gasteiger partial charge >= 0.3 is 0 Å². The van der Waals surface area contributed by atoms with E-state index >= 15 is 0 Å². The minimum atomic E-state index is -0.445. The second kappa shape index (κ2) is 8.60. The van der Waals surface area contributed by atoms with Crippen molar-refractivity contribution in [3.8, 4) is 6.07 Å². The molecule has 0 bridgehead atoms. The smallest absolute Gasteiger partial charge is 0.239 e. The molecular weight excluding hydrogens is 380 g/mol. The molecule has 2 aromatic rings. The first-order valence-corrected chi connectivity index (χ1v) is 10.5. The van der Waals surface area contributed by atoms with E-state index in [1.54, 1.807) is 0 Å². The largest absolute Gasteiger partial charge is 0.347 e. The van der Waals surface area contributed by atoms with Crippen LogP contribution in [0, 0.1) is 25.2 Å². The summed E-state index contributed by atoms with van der Waals surface area (Å²) in [6.45, 7) is 7.60. The van der Waals surface area contributed by atoms with Gasteiger partial charge in [-0.1, -0.05) is 30.3 Å². The monoisotopic (exact) mass is 408 g/mol. The van der Waals surface area contributed by atoms with E-state index in [2.05, 4.69) is 16.3 Å². The minimum Gasteiger partial charge on any atom is -0.347 e. The van der Waals surface area contributed by atoms with Crippen molar-refractivity contribution in [2.45, 2.75) is 39.0 Å². The van der Waals surface area contributed by atoms with Gasteiger partial charge < -0.3 is 19.4 Å². The molecule has 1 spiro atoms. The predicted octanol–water partition coefficient (Wildman–Crippen LogP) is 2.80. The lowest BCUT2D eigenvalue weighted by atomic mass is 10.0. The normalized spacial score (nSPS) is 18.4. The van der Waals surface area contributed by atoms with Gasteiger partial charge in [-0.05, 0) is 25.0 Å². The zero-order valence-electron chi connectivity index (χ0n) is 17.6. The van der Waals surface area contributed by atoms with Gasteiger partial charge in [0.25, 0.3) is 0 Å². The second-order valence-electron chi connectivity index (χ2n) is 8.05. The molecule has 0 unspecified atom stereocenters. The molecular formula is C23H28N4O3. The molecule has 0 atom stereocenters. The number of nitrogens with zero attached hydrogens (tertiary/aromatic N) is 3. The fourth-order valence-electron chi connectivity index (χ4n) is 4.31. The highest BCUT2D eigenvalue weighted by Gasteiger charge is 2.40. The Morgan fingerprint density at radius 3 is 2.47 bits per heavy atom. The zero-order chi connectivity index (χ0) is 21.1. The molecule has 158 valence electrons. The Kier molecular flexibility index (Phi) is 5.91. The number of hydrogen-bond acceptors (Lipinski definition) is 5. The summed E-state index contributed by atoms with van der Waals surface area (Å²) in [6, 6.07) is 12.3. The molecule has 2 aliphatic heterocycles. The SMILES string of the molecule is Cc1c(C#N)c(NC(=O)CN2CCC3(CC2)OCCO3)n(Cc2ccccc2)c1C. The van der Waals surface area contributed by atoms with E-state index in [0.29, 0.717) is 31.1 Å². The van der Waals surface area contributed by atoms with E-state index in [-0.39, 0.29) is 12.5 Å². The summed E-state index contributed by atoms with van der Waals surface area (Å²) in [4.78, 5) is 15.0. The number of aromatic nitrogens is 1. The van der Waals surface area contributed by atoms with Gasteiger partial charge in [-0.25, -0.2) is 0 Å². The Balaban J connectivity index is 1.46. The Bertz CT molecular complexity index is 945. The molecule has 1 aromatic heterocycles. The van der Waals surface area contributed by atoms with Crippen molar-refractivity contribution >= 4 is 11.7 Å². The summed E-state index contributed by atoms with van der Waals surface area (Å²) in [5.74, 6) is 0.0272. The molecule has 0 saturated carbocycles. The van der Waals surface area contributed by atoms with Gasteiger partial charge in [0, 0.05) is 38.2 Å². The van der Waals surface area contributed by atoms with Crippen LogP contribution in [-0.2, 0) is 20.8 Å². The number of rotatable bonds is 5. The maximum Gasteiger partial charge on any atom is 0.239 e. The Morgan fingerprint density at radius 2 is 1.83 bits per heavy atom. The standard InChI is InChI=1S/C23H28N4O3/c1-17-18(2)27(15-19-6-4-3-5-7-19)22(20(17)14-24)25-21(28)16-26-10-8-23(9-11-26)29-12-13-30-23/h3-7H,8-13,15-16H2,1-2H3,(H,25,28). The van der Waals surface area contributed by atoms with Crippen LogP contribution in [0.25, 0.3) is 0 Å². The number of piperidine rings is 1. The van der Waals surface area contributed by atoms with Crippen LogP contribution in [0.2, 0.25) is 0 Å². The number of hydrogen-bond donors (Lipinski definition) is 1. The number of amides is 1.